The molecule has 20 heavy (non-hydrogen) atoms. The lowest BCUT2D eigenvalue weighted by Gasteiger charge is -2.10. The summed E-state index contributed by atoms with van der Waals surface area (Å²) in [5.74, 6) is 0.534. The molecule has 3 nitrogen and oxygen atoms in total. The number of amides is 1. The van der Waals surface area contributed by atoms with Crippen LogP contribution in [0.4, 0.5) is 0 Å². The number of aliphatic hydroxyl groups is 1. The van der Waals surface area contributed by atoms with Crippen molar-refractivity contribution >= 4 is 27.3 Å². The van der Waals surface area contributed by atoms with Gasteiger partial charge in [0.25, 0.3) is 0 Å². The van der Waals surface area contributed by atoms with Crippen molar-refractivity contribution in [3.8, 4) is 0 Å². The largest absolute Gasteiger partial charge is 0.386 e. The Bertz CT molecular complexity index is 544. The number of hydrogen-bond acceptors (Lipinski definition) is 3. The predicted octanol–water partition coefficient (Wildman–Crippen LogP) is 3.49. The van der Waals surface area contributed by atoms with E-state index in [-0.39, 0.29) is 12.5 Å². The molecule has 0 spiro atoms. The third-order valence-corrected chi connectivity index (χ3v) is 4.43. The van der Waals surface area contributed by atoms with Crippen LogP contribution in [0.5, 0.6) is 0 Å². The van der Waals surface area contributed by atoms with E-state index in [1.807, 2.05) is 30.3 Å². The second kappa shape index (κ2) is 6.86. The van der Waals surface area contributed by atoms with Crippen LogP contribution in [0.3, 0.4) is 0 Å². The summed E-state index contributed by atoms with van der Waals surface area (Å²) in [5.41, 5.74) is 0. The molecule has 0 aliphatic rings. The molecule has 0 aliphatic heterocycles. The van der Waals surface area contributed by atoms with Crippen LogP contribution in [0.1, 0.15) is 37.7 Å². The SMILES string of the molecule is CC(C)CCC(=O)NCC(O)c1cc2ccccc2s1. The number of carbonyl (C=O) groups excluding carboxylic acids is 1. The summed E-state index contributed by atoms with van der Waals surface area (Å²) >= 11 is 1.57. The number of benzene rings is 1. The number of thiophene rings is 1. The maximum absolute atomic E-state index is 11.6. The second-order valence-electron chi connectivity index (χ2n) is 5.44. The molecule has 0 fully saturated rings. The molecule has 0 saturated carbocycles. The van der Waals surface area contributed by atoms with E-state index in [4.69, 9.17) is 0 Å². The van der Waals surface area contributed by atoms with E-state index in [0.717, 1.165) is 21.4 Å². The first-order chi connectivity index (χ1) is 9.56. The number of carbonyl (C=O) groups is 1. The molecular formula is C16H21NO2S. The molecule has 1 atom stereocenters. The van der Waals surface area contributed by atoms with E-state index in [9.17, 15) is 9.90 Å². The lowest BCUT2D eigenvalue weighted by Crippen LogP contribution is -2.28. The van der Waals surface area contributed by atoms with Crippen LogP contribution >= 0.6 is 11.3 Å². The molecule has 1 amide bonds. The zero-order valence-electron chi connectivity index (χ0n) is 11.9. The maximum Gasteiger partial charge on any atom is 0.220 e. The van der Waals surface area contributed by atoms with E-state index in [0.29, 0.717) is 12.3 Å². The van der Waals surface area contributed by atoms with Gasteiger partial charge in [0.05, 0.1) is 0 Å². The fraction of sp³-hybridized carbons (Fsp3) is 0.438. The molecule has 1 aromatic heterocycles. The van der Waals surface area contributed by atoms with Gasteiger partial charge in [-0.15, -0.1) is 11.3 Å². The number of aliphatic hydroxyl groups excluding tert-OH is 1. The predicted molar refractivity (Wildman–Crippen MR) is 83.9 cm³/mol. The lowest BCUT2D eigenvalue weighted by molar-refractivity contribution is -0.121. The summed E-state index contributed by atoms with van der Waals surface area (Å²) in [6.07, 6.45) is 0.775. The fourth-order valence-corrected chi connectivity index (χ4v) is 3.04. The van der Waals surface area contributed by atoms with E-state index in [1.165, 1.54) is 0 Å². The minimum absolute atomic E-state index is 0.0128. The molecule has 0 saturated heterocycles. The molecule has 1 heterocycles. The van der Waals surface area contributed by atoms with Gasteiger partial charge in [-0.25, -0.2) is 0 Å². The molecule has 4 heteroatoms. The van der Waals surface area contributed by atoms with Crippen LogP contribution in [0.25, 0.3) is 10.1 Å². The number of hydrogen-bond donors (Lipinski definition) is 2. The van der Waals surface area contributed by atoms with Crippen molar-refractivity contribution in [1.29, 1.82) is 0 Å². The van der Waals surface area contributed by atoms with Crippen LogP contribution < -0.4 is 5.32 Å². The average molecular weight is 291 g/mol. The van der Waals surface area contributed by atoms with Crippen LogP contribution in [-0.2, 0) is 4.79 Å². The van der Waals surface area contributed by atoms with Crippen LogP contribution in [0, 0.1) is 5.92 Å². The third-order valence-electron chi connectivity index (χ3n) is 3.21. The molecule has 0 bridgehead atoms. The van der Waals surface area contributed by atoms with Crippen LogP contribution in [-0.4, -0.2) is 17.6 Å². The maximum atomic E-state index is 11.6. The van der Waals surface area contributed by atoms with Crippen molar-refractivity contribution in [2.45, 2.75) is 32.8 Å². The Morgan fingerprint density at radius 1 is 1.35 bits per heavy atom. The zero-order valence-corrected chi connectivity index (χ0v) is 12.7. The molecule has 0 radical (unpaired) electrons. The average Bonchev–Trinajstić information content (AvgIpc) is 2.86. The summed E-state index contributed by atoms with van der Waals surface area (Å²) < 4.78 is 1.16. The Balaban J connectivity index is 1.88. The van der Waals surface area contributed by atoms with Gasteiger partial charge in [-0.2, -0.15) is 0 Å². The Kier molecular flexibility index (Phi) is 5.15. The van der Waals surface area contributed by atoms with Crippen molar-refractivity contribution in [1.82, 2.24) is 5.32 Å². The van der Waals surface area contributed by atoms with Gasteiger partial charge in [0.15, 0.2) is 0 Å². The smallest absolute Gasteiger partial charge is 0.220 e. The first-order valence-corrected chi connectivity index (χ1v) is 7.81. The van der Waals surface area contributed by atoms with E-state index in [1.54, 1.807) is 11.3 Å². The van der Waals surface area contributed by atoms with Gasteiger partial charge in [-0.3, -0.25) is 4.79 Å². The normalized spacial score (nSPS) is 12.8. The molecule has 2 N–H and O–H groups in total. The first kappa shape index (κ1) is 15.0. The zero-order chi connectivity index (χ0) is 14.5. The lowest BCUT2D eigenvalue weighted by atomic mass is 10.1. The molecule has 1 aromatic carbocycles. The highest BCUT2D eigenvalue weighted by molar-refractivity contribution is 7.19. The monoisotopic (exact) mass is 291 g/mol. The second-order valence-corrected chi connectivity index (χ2v) is 6.55. The van der Waals surface area contributed by atoms with Crippen molar-refractivity contribution in [3.63, 3.8) is 0 Å². The minimum atomic E-state index is -0.629. The Morgan fingerprint density at radius 2 is 2.10 bits per heavy atom. The standard InChI is InChI=1S/C16H21NO2S/c1-11(2)7-8-16(19)17-10-13(18)15-9-12-5-3-4-6-14(12)20-15/h3-6,9,11,13,18H,7-8,10H2,1-2H3,(H,17,19). The third kappa shape index (κ3) is 4.05. The number of nitrogens with one attached hydrogen (secondary N) is 1. The molecule has 1 unspecified atom stereocenters. The fourth-order valence-electron chi connectivity index (χ4n) is 1.99. The van der Waals surface area contributed by atoms with E-state index < -0.39 is 6.10 Å². The van der Waals surface area contributed by atoms with Gasteiger partial charge >= 0.3 is 0 Å². The Hall–Kier alpha value is -1.39. The highest BCUT2D eigenvalue weighted by atomic mass is 32.1. The molecular weight excluding hydrogens is 270 g/mol. The summed E-state index contributed by atoms with van der Waals surface area (Å²) in [7, 11) is 0. The molecule has 108 valence electrons. The van der Waals surface area contributed by atoms with Gasteiger partial charge in [0, 0.05) is 22.5 Å². The minimum Gasteiger partial charge on any atom is -0.386 e. The van der Waals surface area contributed by atoms with Gasteiger partial charge in [0.2, 0.25) is 5.91 Å². The quantitative estimate of drug-likeness (QED) is 0.856. The van der Waals surface area contributed by atoms with Crippen molar-refractivity contribution in [2.75, 3.05) is 6.54 Å². The van der Waals surface area contributed by atoms with Crippen molar-refractivity contribution < 1.29 is 9.90 Å². The summed E-state index contributed by atoms with van der Waals surface area (Å²) in [4.78, 5) is 12.5. The Labute approximate surface area is 123 Å². The van der Waals surface area contributed by atoms with Crippen molar-refractivity contribution in [3.05, 3.63) is 35.2 Å². The van der Waals surface area contributed by atoms with Crippen LogP contribution in [0.15, 0.2) is 30.3 Å². The number of fused-ring (bicyclic) bond motifs is 1. The van der Waals surface area contributed by atoms with E-state index in [2.05, 4.69) is 19.2 Å². The topological polar surface area (TPSA) is 49.3 Å². The first-order valence-electron chi connectivity index (χ1n) is 6.99. The van der Waals surface area contributed by atoms with Crippen LogP contribution in [0.2, 0.25) is 0 Å². The van der Waals surface area contributed by atoms with Gasteiger partial charge in [0.1, 0.15) is 6.10 Å². The van der Waals surface area contributed by atoms with Crippen molar-refractivity contribution in [2.24, 2.45) is 5.92 Å². The highest BCUT2D eigenvalue weighted by Gasteiger charge is 2.12. The summed E-state index contributed by atoms with van der Waals surface area (Å²) in [5, 5.41) is 14.1. The molecule has 2 rings (SSSR count). The molecule has 2 aromatic rings. The summed E-state index contributed by atoms with van der Waals surface area (Å²) in [6, 6.07) is 10.0. The molecule has 0 aliphatic carbocycles. The highest BCUT2D eigenvalue weighted by Crippen LogP contribution is 2.29. The van der Waals surface area contributed by atoms with Gasteiger partial charge in [-0.1, -0.05) is 32.0 Å². The summed E-state index contributed by atoms with van der Waals surface area (Å²) in [6.45, 7) is 4.47. The Morgan fingerprint density at radius 3 is 2.80 bits per heavy atom. The van der Waals surface area contributed by atoms with E-state index >= 15 is 0 Å². The number of rotatable bonds is 6. The van der Waals surface area contributed by atoms with Gasteiger partial charge in [-0.05, 0) is 29.9 Å². The van der Waals surface area contributed by atoms with Gasteiger partial charge < -0.3 is 10.4 Å².